The summed E-state index contributed by atoms with van der Waals surface area (Å²) in [7, 11) is 1.29. The van der Waals surface area contributed by atoms with E-state index in [9.17, 15) is 25.0 Å². The van der Waals surface area contributed by atoms with Gasteiger partial charge in [0.25, 0.3) is 10.8 Å². The zero-order valence-electron chi connectivity index (χ0n) is 10.3. The zero-order valence-corrected chi connectivity index (χ0v) is 10.3. The van der Waals surface area contributed by atoms with Crippen molar-refractivity contribution in [3.8, 4) is 11.5 Å². The molecule has 0 amide bonds. The summed E-state index contributed by atoms with van der Waals surface area (Å²) in [6, 6.07) is 2.16. The third kappa shape index (κ3) is 3.80. The van der Waals surface area contributed by atoms with E-state index in [0.717, 1.165) is 12.1 Å². The van der Waals surface area contributed by atoms with Crippen molar-refractivity contribution in [2.75, 3.05) is 20.3 Å². The number of hydrogen-bond donors (Lipinski definition) is 0. The number of carbonyl (C=O) groups excluding carboxylic acids is 1. The summed E-state index contributed by atoms with van der Waals surface area (Å²) in [6.07, 6.45) is 0.320. The monoisotopic (exact) mass is 286 g/mol. The van der Waals surface area contributed by atoms with Gasteiger partial charge in [-0.2, -0.15) is 0 Å². The van der Waals surface area contributed by atoms with E-state index < -0.39 is 15.7 Å². The maximum Gasteiger partial charge on any atom is 0.294 e. The lowest BCUT2D eigenvalue weighted by Crippen LogP contribution is -2.11. The van der Waals surface area contributed by atoms with Crippen LogP contribution in [-0.2, 0) is 4.84 Å². The Balaban J connectivity index is 2.93. The van der Waals surface area contributed by atoms with Crippen LogP contribution in [0.5, 0.6) is 11.5 Å². The number of benzene rings is 1. The molecule has 0 aliphatic rings. The van der Waals surface area contributed by atoms with Crippen LogP contribution in [0.25, 0.3) is 0 Å². The van der Waals surface area contributed by atoms with Crippen molar-refractivity contribution >= 4 is 12.0 Å². The van der Waals surface area contributed by atoms with Gasteiger partial charge in [-0.1, -0.05) is 0 Å². The molecule has 0 heterocycles. The number of ether oxygens (including phenoxy) is 2. The van der Waals surface area contributed by atoms with Crippen LogP contribution in [0.3, 0.4) is 0 Å². The molecule has 1 rings (SSSR count). The molecule has 1 aromatic carbocycles. The molecule has 0 aliphatic carbocycles. The minimum atomic E-state index is -0.988. The highest BCUT2D eigenvalue weighted by molar-refractivity contribution is 5.83. The first-order chi connectivity index (χ1) is 9.49. The molecular formula is C10H10N2O8. The van der Waals surface area contributed by atoms with Crippen molar-refractivity contribution in [2.24, 2.45) is 0 Å². The highest BCUT2D eigenvalue weighted by Gasteiger charge is 2.19. The minimum absolute atomic E-state index is 0.0169. The third-order valence-electron chi connectivity index (χ3n) is 2.17. The second-order valence-corrected chi connectivity index (χ2v) is 3.34. The van der Waals surface area contributed by atoms with Crippen LogP contribution in [0, 0.1) is 20.2 Å². The van der Waals surface area contributed by atoms with Crippen molar-refractivity contribution in [3.63, 3.8) is 0 Å². The summed E-state index contributed by atoms with van der Waals surface area (Å²) >= 11 is 0. The molecule has 108 valence electrons. The molecule has 10 nitrogen and oxygen atoms in total. The fourth-order valence-electron chi connectivity index (χ4n) is 1.35. The van der Waals surface area contributed by atoms with Crippen LogP contribution in [-0.4, -0.2) is 36.6 Å². The van der Waals surface area contributed by atoms with Crippen LogP contribution >= 0.6 is 0 Å². The lowest BCUT2D eigenvalue weighted by atomic mass is 10.1. The summed E-state index contributed by atoms with van der Waals surface area (Å²) in [6.45, 7) is -0.561. The van der Waals surface area contributed by atoms with Crippen LogP contribution in [0.1, 0.15) is 10.4 Å². The summed E-state index contributed by atoms with van der Waals surface area (Å²) in [4.78, 5) is 34.8. The fraction of sp³-hybridized carbons (Fsp3) is 0.300. The molecule has 0 saturated carbocycles. The van der Waals surface area contributed by atoms with E-state index >= 15 is 0 Å². The van der Waals surface area contributed by atoms with Gasteiger partial charge in [0.1, 0.15) is 13.2 Å². The molecule has 0 fully saturated rings. The molecule has 1 aromatic rings. The third-order valence-corrected chi connectivity index (χ3v) is 2.17. The van der Waals surface area contributed by atoms with Gasteiger partial charge < -0.3 is 14.3 Å². The zero-order chi connectivity index (χ0) is 15.1. The first-order valence-electron chi connectivity index (χ1n) is 5.21. The molecule has 0 N–H and O–H groups in total. The van der Waals surface area contributed by atoms with E-state index in [1.165, 1.54) is 7.11 Å². The van der Waals surface area contributed by atoms with Crippen molar-refractivity contribution in [3.05, 3.63) is 37.9 Å². The smallest absolute Gasteiger partial charge is 0.294 e. The van der Waals surface area contributed by atoms with Crippen molar-refractivity contribution in [2.45, 2.75) is 0 Å². The predicted octanol–water partition coefficient (Wildman–Crippen LogP) is 1.00. The normalized spacial score (nSPS) is 9.65. The highest BCUT2D eigenvalue weighted by atomic mass is 17.0. The molecule has 0 atom stereocenters. The number of methoxy groups -OCH3 is 1. The Morgan fingerprint density at radius 1 is 1.20 bits per heavy atom. The van der Waals surface area contributed by atoms with Crippen molar-refractivity contribution < 1.29 is 29.1 Å². The Morgan fingerprint density at radius 3 is 2.40 bits per heavy atom. The standard InChI is InChI=1S/C10H10N2O8/c1-18-9-4-7(6-13)8(11(14)15)5-10(9)19-2-3-20-12(16)17/h4-6H,2-3H2,1H3. The van der Waals surface area contributed by atoms with Gasteiger partial charge in [0.2, 0.25) is 0 Å². The SMILES string of the molecule is COc1cc(C=O)c([N+](=O)[O-])cc1OCCO[N+](=O)[O-]. The maximum absolute atomic E-state index is 10.8. The van der Waals surface area contributed by atoms with Gasteiger partial charge in [-0.25, -0.2) is 0 Å². The molecule has 0 aromatic heterocycles. The maximum atomic E-state index is 10.8. The summed E-state index contributed by atoms with van der Waals surface area (Å²) < 4.78 is 10.0. The molecule has 0 saturated heterocycles. The Kier molecular flexibility index (Phi) is 5.21. The van der Waals surface area contributed by atoms with Gasteiger partial charge >= 0.3 is 0 Å². The van der Waals surface area contributed by atoms with E-state index in [-0.39, 0.29) is 30.3 Å². The molecule has 0 spiro atoms. The van der Waals surface area contributed by atoms with Gasteiger partial charge in [-0.3, -0.25) is 14.9 Å². The lowest BCUT2D eigenvalue weighted by molar-refractivity contribution is -0.757. The van der Waals surface area contributed by atoms with E-state index in [1.54, 1.807) is 0 Å². The van der Waals surface area contributed by atoms with Crippen molar-refractivity contribution in [1.82, 2.24) is 0 Å². The average molecular weight is 286 g/mol. The lowest BCUT2D eigenvalue weighted by Gasteiger charge is -2.10. The molecular weight excluding hydrogens is 276 g/mol. The van der Waals surface area contributed by atoms with Gasteiger partial charge in [0.15, 0.2) is 17.8 Å². The van der Waals surface area contributed by atoms with Gasteiger partial charge in [-0.05, 0) is 0 Å². The largest absolute Gasteiger partial charge is 0.493 e. The number of hydrogen-bond acceptors (Lipinski definition) is 8. The van der Waals surface area contributed by atoms with E-state index in [2.05, 4.69) is 4.84 Å². The summed E-state index contributed by atoms with van der Waals surface area (Å²) in [5.41, 5.74) is -0.619. The number of aldehydes is 1. The Hall–Kier alpha value is -2.91. The van der Waals surface area contributed by atoms with Crippen molar-refractivity contribution in [1.29, 1.82) is 0 Å². The van der Waals surface area contributed by atoms with Crippen LogP contribution in [0.2, 0.25) is 0 Å². The molecule has 20 heavy (non-hydrogen) atoms. The predicted molar refractivity (Wildman–Crippen MR) is 63.5 cm³/mol. The van der Waals surface area contributed by atoms with Crippen LogP contribution in [0.15, 0.2) is 12.1 Å². The number of nitro groups is 1. The Labute approximate surface area is 112 Å². The quantitative estimate of drug-likeness (QED) is 0.299. The van der Waals surface area contributed by atoms with E-state index in [0.29, 0.717) is 6.29 Å². The molecule has 0 radical (unpaired) electrons. The second-order valence-electron chi connectivity index (χ2n) is 3.34. The molecule has 0 unspecified atom stereocenters. The Bertz CT molecular complexity index is 530. The van der Waals surface area contributed by atoms with Crippen LogP contribution < -0.4 is 9.47 Å². The topological polar surface area (TPSA) is 131 Å². The van der Waals surface area contributed by atoms with Crippen LogP contribution in [0.4, 0.5) is 5.69 Å². The first-order valence-corrected chi connectivity index (χ1v) is 5.21. The summed E-state index contributed by atoms with van der Waals surface area (Å²) in [5.74, 6) is 0.0792. The molecule has 0 aliphatic heterocycles. The number of rotatable bonds is 8. The fourth-order valence-corrected chi connectivity index (χ4v) is 1.35. The van der Waals surface area contributed by atoms with Gasteiger partial charge in [-0.15, -0.1) is 10.1 Å². The number of nitrogens with zero attached hydrogens (tertiary/aromatic N) is 2. The molecule has 0 bridgehead atoms. The molecule has 10 heteroatoms. The number of carbonyl (C=O) groups is 1. The van der Waals surface area contributed by atoms with E-state index in [1.807, 2.05) is 0 Å². The van der Waals surface area contributed by atoms with E-state index in [4.69, 9.17) is 9.47 Å². The number of nitro benzene ring substituents is 1. The second kappa shape index (κ2) is 6.87. The highest BCUT2D eigenvalue weighted by Crippen LogP contribution is 2.33. The minimum Gasteiger partial charge on any atom is -0.493 e. The summed E-state index contributed by atoms with van der Waals surface area (Å²) in [5, 5.41) is 19.7. The Morgan fingerprint density at radius 2 is 1.90 bits per heavy atom. The van der Waals surface area contributed by atoms with Gasteiger partial charge in [0, 0.05) is 6.07 Å². The van der Waals surface area contributed by atoms with Gasteiger partial charge in [0.05, 0.1) is 23.7 Å². The average Bonchev–Trinajstić information content (AvgIpc) is 2.42. The first kappa shape index (κ1) is 15.1.